The smallest absolute Gasteiger partial charge is 0.462 e. The summed E-state index contributed by atoms with van der Waals surface area (Å²) in [5.74, 6) is -0.00848. The number of hydrogen-bond acceptors (Lipinski definition) is 5. The van der Waals surface area contributed by atoms with E-state index in [0.29, 0.717) is 41.4 Å². The Morgan fingerprint density at radius 1 is 1.30 bits per heavy atom. The normalized spacial score (nSPS) is 14.1. The van der Waals surface area contributed by atoms with Crippen LogP contribution < -0.4 is 9.64 Å². The number of rotatable bonds is 3. The van der Waals surface area contributed by atoms with E-state index in [9.17, 15) is 18.0 Å². The van der Waals surface area contributed by atoms with Crippen molar-refractivity contribution in [3.05, 3.63) is 53.2 Å². The lowest BCUT2D eigenvalue weighted by molar-refractivity contribution is -0.274. The topological polar surface area (TPSA) is 55.6 Å². The Morgan fingerprint density at radius 3 is 2.89 bits per heavy atom. The Kier molecular flexibility index (Phi) is 4.39. The molecular formula is C18H13F3N2O3S. The fraction of sp³-hybridized carbons (Fsp3) is 0.222. The maximum Gasteiger partial charge on any atom is 0.573 e. The maximum absolute atomic E-state index is 12.9. The van der Waals surface area contributed by atoms with Crippen molar-refractivity contribution in [1.29, 1.82) is 0 Å². The number of alkyl halides is 3. The summed E-state index contributed by atoms with van der Waals surface area (Å²) in [5.41, 5.74) is 1.49. The highest BCUT2D eigenvalue weighted by Gasteiger charge is 2.32. The van der Waals surface area contributed by atoms with Gasteiger partial charge in [-0.25, -0.2) is 4.98 Å². The predicted molar refractivity (Wildman–Crippen MR) is 92.9 cm³/mol. The zero-order valence-corrected chi connectivity index (χ0v) is 14.6. The number of fused-ring (bicyclic) bond motifs is 1. The first-order chi connectivity index (χ1) is 12.9. The third-order valence-corrected chi connectivity index (χ3v) is 4.96. The van der Waals surface area contributed by atoms with Gasteiger partial charge in [-0.2, -0.15) is 0 Å². The van der Waals surface area contributed by atoms with Gasteiger partial charge in [-0.15, -0.1) is 24.5 Å². The highest BCUT2D eigenvalue weighted by molar-refractivity contribution is 7.13. The monoisotopic (exact) mass is 394 g/mol. The molecule has 5 nitrogen and oxygen atoms in total. The van der Waals surface area contributed by atoms with Crippen LogP contribution in [0.25, 0.3) is 10.8 Å². The van der Waals surface area contributed by atoms with Crippen molar-refractivity contribution in [3.8, 4) is 16.5 Å². The summed E-state index contributed by atoms with van der Waals surface area (Å²) < 4.78 is 46.5. The molecule has 0 spiro atoms. The van der Waals surface area contributed by atoms with E-state index in [1.165, 1.54) is 40.7 Å². The highest BCUT2D eigenvalue weighted by atomic mass is 32.1. The number of hydrogen-bond donors (Lipinski definition) is 0. The van der Waals surface area contributed by atoms with Gasteiger partial charge in [0.15, 0.2) is 10.8 Å². The van der Waals surface area contributed by atoms with Gasteiger partial charge in [0, 0.05) is 17.6 Å². The first-order valence-electron chi connectivity index (χ1n) is 8.11. The van der Waals surface area contributed by atoms with Crippen molar-refractivity contribution in [3.63, 3.8) is 0 Å². The third kappa shape index (κ3) is 3.68. The molecule has 3 heterocycles. The second kappa shape index (κ2) is 6.73. The van der Waals surface area contributed by atoms with Crippen LogP contribution in [-0.4, -0.2) is 23.8 Å². The van der Waals surface area contributed by atoms with Gasteiger partial charge < -0.3 is 14.1 Å². The van der Waals surface area contributed by atoms with Gasteiger partial charge in [0.2, 0.25) is 0 Å². The van der Waals surface area contributed by atoms with Crippen LogP contribution in [-0.2, 0) is 6.42 Å². The standard InChI is InChI=1S/C18H13F3N2O3S/c19-18(20,21)26-12-5-6-14-11(9-12)3-1-7-23(14)17(24)13-10-27-16(22-13)15-4-2-8-25-15/h2,4-6,8-10H,1,3,7H2. The first kappa shape index (κ1) is 17.6. The molecule has 27 heavy (non-hydrogen) atoms. The third-order valence-electron chi connectivity index (χ3n) is 4.10. The SMILES string of the molecule is O=C(c1csc(-c2ccco2)n1)N1CCCc2cc(OC(F)(F)F)ccc21. The summed E-state index contributed by atoms with van der Waals surface area (Å²) in [6.45, 7) is 0.471. The molecule has 1 amide bonds. The van der Waals surface area contributed by atoms with Crippen molar-refractivity contribution < 1.29 is 27.1 Å². The van der Waals surface area contributed by atoms with Crippen LogP contribution in [0.1, 0.15) is 22.5 Å². The summed E-state index contributed by atoms with van der Waals surface area (Å²) in [4.78, 5) is 18.8. The second-order valence-electron chi connectivity index (χ2n) is 5.91. The molecule has 0 unspecified atom stereocenters. The number of aryl methyl sites for hydroxylation is 1. The van der Waals surface area contributed by atoms with Crippen LogP contribution in [0, 0.1) is 0 Å². The van der Waals surface area contributed by atoms with Gasteiger partial charge in [0.05, 0.1) is 6.26 Å². The number of amides is 1. The van der Waals surface area contributed by atoms with Crippen LogP contribution in [0.5, 0.6) is 5.75 Å². The Labute approximate surface area is 156 Å². The van der Waals surface area contributed by atoms with Gasteiger partial charge in [-0.05, 0) is 48.7 Å². The molecule has 0 fully saturated rings. The van der Waals surface area contributed by atoms with Crippen molar-refractivity contribution >= 4 is 22.9 Å². The largest absolute Gasteiger partial charge is 0.573 e. The quantitative estimate of drug-likeness (QED) is 0.634. The van der Waals surface area contributed by atoms with E-state index in [1.807, 2.05) is 0 Å². The number of ether oxygens (including phenoxy) is 1. The maximum atomic E-state index is 12.9. The fourth-order valence-corrected chi connectivity index (χ4v) is 3.77. The lowest BCUT2D eigenvalue weighted by Gasteiger charge is -2.29. The molecule has 1 aliphatic rings. The summed E-state index contributed by atoms with van der Waals surface area (Å²) >= 11 is 1.29. The van der Waals surface area contributed by atoms with Gasteiger partial charge >= 0.3 is 6.36 Å². The first-order valence-corrected chi connectivity index (χ1v) is 8.98. The predicted octanol–water partition coefficient (Wildman–Crippen LogP) is 4.89. The average Bonchev–Trinajstić information content (AvgIpc) is 3.30. The Hall–Kier alpha value is -2.81. The number of halogens is 3. The summed E-state index contributed by atoms with van der Waals surface area (Å²) in [5, 5.41) is 2.24. The molecule has 9 heteroatoms. The van der Waals surface area contributed by atoms with Crippen LogP contribution >= 0.6 is 11.3 Å². The number of carbonyl (C=O) groups excluding carboxylic acids is 1. The molecular weight excluding hydrogens is 381 g/mol. The number of carbonyl (C=O) groups is 1. The summed E-state index contributed by atoms with van der Waals surface area (Å²) in [6.07, 6.45) is -2.01. The van der Waals surface area contributed by atoms with Crippen molar-refractivity contribution in [2.45, 2.75) is 19.2 Å². The molecule has 0 aliphatic carbocycles. The molecule has 0 saturated carbocycles. The van der Waals surface area contributed by atoms with Gasteiger partial charge in [-0.3, -0.25) is 4.79 Å². The Morgan fingerprint density at radius 2 is 2.15 bits per heavy atom. The van der Waals surface area contributed by atoms with Gasteiger partial charge in [-0.1, -0.05) is 0 Å². The molecule has 4 rings (SSSR count). The van der Waals surface area contributed by atoms with E-state index in [4.69, 9.17) is 4.42 Å². The fourth-order valence-electron chi connectivity index (χ4n) is 3.01. The number of nitrogens with zero attached hydrogens (tertiary/aromatic N) is 2. The van der Waals surface area contributed by atoms with Crippen molar-refractivity contribution in [2.75, 3.05) is 11.4 Å². The van der Waals surface area contributed by atoms with Gasteiger partial charge in [0.1, 0.15) is 11.4 Å². The van der Waals surface area contributed by atoms with Crippen LogP contribution in [0.3, 0.4) is 0 Å². The molecule has 0 atom stereocenters. The summed E-state index contributed by atoms with van der Waals surface area (Å²) in [7, 11) is 0. The minimum Gasteiger partial charge on any atom is -0.462 e. The molecule has 0 N–H and O–H groups in total. The van der Waals surface area contributed by atoms with Crippen molar-refractivity contribution in [2.24, 2.45) is 0 Å². The van der Waals surface area contributed by atoms with Crippen LogP contribution in [0.4, 0.5) is 18.9 Å². The number of furan rings is 1. The lowest BCUT2D eigenvalue weighted by Crippen LogP contribution is -2.35. The highest BCUT2D eigenvalue weighted by Crippen LogP contribution is 2.34. The number of aromatic nitrogens is 1. The average molecular weight is 394 g/mol. The number of benzene rings is 1. The van der Waals surface area contributed by atoms with E-state index in [0.717, 1.165) is 0 Å². The molecule has 140 valence electrons. The van der Waals surface area contributed by atoms with Crippen LogP contribution in [0.15, 0.2) is 46.4 Å². The zero-order chi connectivity index (χ0) is 19.0. The van der Waals surface area contributed by atoms with E-state index in [1.54, 1.807) is 17.5 Å². The summed E-state index contributed by atoms with van der Waals surface area (Å²) in [6, 6.07) is 7.52. The lowest BCUT2D eigenvalue weighted by atomic mass is 10.0. The molecule has 2 aromatic heterocycles. The molecule has 0 bridgehead atoms. The number of anilines is 1. The van der Waals surface area contributed by atoms with Crippen molar-refractivity contribution in [1.82, 2.24) is 4.98 Å². The minimum atomic E-state index is -4.75. The molecule has 0 saturated heterocycles. The van der Waals surface area contributed by atoms with Crippen LogP contribution in [0.2, 0.25) is 0 Å². The zero-order valence-electron chi connectivity index (χ0n) is 13.8. The van der Waals surface area contributed by atoms with E-state index in [-0.39, 0.29) is 17.4 Å². The molecule has 3 aromatic rings. The van der Waals surface area contributed by atoms with Gasteiger partial charge in [0.25, 0.3) is 5.91 Å². The second-order valence-corrected chi connectivity index (χ2v) is 6.77. The van der Waals surface area contributed by atoms with E-state index < -0.39 is 6.36 Å². The molecule has 0 radical (unpaired) electrons. The Balaban J connectivity index is 1.60. The Bertz CT molecular complexity index is 967. The molecule has 1 aromatic carbocycles. The van der Waals surface area contributed by atoms with E-state index >= 15 is 0 Å². The molecule has 1 aliphatic heterocycles. The van der Waals surface area contributed by atoms with E-state index in [2.05, 4.69) is 9.72 Å². The minimum absolute atomic E-state index is 0.273. The number of thiazole rings is 1.